The fraction of sp³-hybridized carbons (Fsp3) is 0.429. The number of ether oxygens (including phenoxy) is 1. The average molecular weight is 551 g/mol. The summed E-state index contributed by atoms with van der Waals surface area (Å²) in [6, 6.07) is 27.2. The van der Waals surface area contributed by atoms with Gasteiger partial charge in [-0.05, 0) is 53.5 Å². The number of nitrogens with zero attached hydrogens (tertiary/aromatic N) is 2. The molecule has 40 heavy (non-hydrogen) atoms. The van der Waals surface area contributed by atoms with Gasteiger partial charge in [0.15, 0.2) is 0 Å². The zero-order valence-corrected chi connectivity index (χ0v) is 25.7. The Balaban J connectivity index is 1.42. The van der Waals surface area contributed by atoms with Crippen molar-refractivity contribution in [3.63, 3.8) is 0 Å². The second kappa shape index (κ2) is 9.07. The Hall–Kier alpha value is -2.86. The molecule has 4 nitrogen and oxygen atoms in total. The number of rotatable bonds is 5. The van der Waals surface area contributed by atoms with Crippen LogP contribution in [0.4, 0.5) is 5.69 Å². The molecule has 2 aliphatic carbocycles. The lowest BCUT2D eigenvalue weighted by Gasteiger charge is -2.58. The number of anilines is 1. The maximum atomic E-state index is 7.79. The summed E-state index contributed by atoms with van der Waals surface area (Å²) in [7, 11) is 3.81. The van der Waals surface area contributed by atoms with Gasteiger partial charge in [0.2, 0.25) is 0 Å². The van der Waals surface area contributed by atoms with Crippen molar-refractivity contribution in [1.29, 1.82) is 0 Å². The molecule has 3 aromatic carbocycles. The Bertz CT molecular complexity index is 1410. The van der Waals surface area contributed by atoms with E-state index in [1.807, 2.05) is 0 Å². The summed E-state index contributed by atoms with van der Waals surface area (Å²) in [6.07, 6.45) is 6.89. The van der Waals surface area contributed by atoms with Crippen LogP contribution in [0.3, 0.4) is 0 Å². The average Bonchev–Trinajstić information content (AvgIpc) is 3.29. The second-order valence-electron chi connectivity index (χ2n) is 13.6. The van der Waals surface area contributed by atoms with Gasteiger partial charge in [-0.25, -0.2) is 0 Å². The maximum Gasteiger partial charge on any atom is 0.262 e. The first-order valence-electron chi connectivity index (χ1n) is 14.9. The number of piperidine rings is 1. The molecule has 1 saturated heterocycles. The number of benzene rings is 3. The molecule has 1 fully saturated rings. The van der Waals surface area contributed by atoms with Crippen LogP contribution < -0.4 is 20.0 Å². The van der Waals surface area contributed by atoms with Crippen LogP contribution in [0.1, 0.15) is 38.3 Å². The van der Waals surface area contributed by atoms with Crippen LogP contribution in [0.5, 0.6) is 5.75 Å². The Kier molecular flexibility index (Phi) is 5.91. The summed E-state index contributed by atoms with van der Waals surface area (Å²) in [4.78, 5) is 4.80. The highest BCUT2D eigenvalue weighted by molar-refractivity contribution is 6.99. The minimum absolute atomic E-state index is 0.0458. The van der Waals surface area contributed by atoms with Gasteiger partial charge in [0, 0.05) is 37.0 Å². The van der Waals surface area contributed by atoms with Crippen molar-refractivity contribution in [2.75, 3.05) is 32.6 Å². The molecule has 5 atom stereocenters. The maximum absolute atomic E-state index is 7.79. The zero-order valence-electron chi connectivity index (χ0n) is 24.7. The van der Waals surface area contributed by atoms with Crippen molar-refractivity contribution in [2.24, 2.45) is 5.92 Å². The van der Waals surface area contributed by atoms with E-state index in [-0.39, 0.29) is 22.7 Å². The molecular weight excluding hydrogens is 508 g/mol. The van der Waals surface area contributed by atoms with Gasteiger partial charge in [0.1, 0.15) is 18.0 Å². The smallest absolute Gasteiger partial charge is 0.262 e. The summed E-state index contributed by atoms with van der Waals surface area (Å²) >= 11 is 0. The van der Waals surface area contributed by atoms with Gasteiger partial charge >= 0.3 is 0 Å². The molecule has 0 amide bonds. The van der Waals surface area contributed by atoms with E-state index < -0.39 is 8.32 Å². The van der Waals surface area contributed by atoms with Crippen LogP contribution >= 0.6 is 0 Å². The predicted octanol–water partition coefficient (Wildman–Crippen LogP) is 5.14. The molecule has 2 heterocycles. The van der Waals surface area contributed by atoms with E-state index in [4.69, 9.17) is 9.16 Å². The van der Waals surface area contributed by atoms with E-state index in [1.165, 1.54) is 27.2 Å². The van der Waals surface area contributed by atoms with E-state index >= 15 is 0 Å². The van der Waals surface area contributed by atoms with Gasteiger partial charge in [0.25, 0.3) is 8.32 Å². The van der Waals surface area contributed by atoms with Gasteiger partial charge in [-0.2, -0.15) is 0 Å². The first-order valence-corrected chi connectivity index (χ1v) is 16.8. The van der Waals surface area contributed by atoms with Gasteiger partial charge < -0.3 is 19.0 Å². The Morgan fingerprint density at radius 3 is 2.17 bits per heavy atom. The second-order valence-corrected chi connectivity index (χ2v) is 17.8. The third kappa shape index (κ3) is 3.44. The molecule has 4 aliphatic rings. The van der Waals surface area contributed by atoms with Crippen LogP contribution in [0, 0.1) is 5.92 Å². The molecule has 2 bridgehead atoms. The highest BCUT2D eigenvalue weighted by atomic mass is 28.4. The number of likely N-dealkylation sites (N-methyl/N-ethyl adjacent to an activating group) is 1. The van der Waals surface area contributed by atoms with Crippen molar-refractivity contribution in [1.82, 2.24) is 4.90 Å². The number of hydrogen-bond acceptors (Lipinski definition) is 4. The molecule has 1 spiro atoms. The Labute approximate surface area is 240 Å². The lowest BCUT2D eigenvalue weighted by atomic mass is 9.53. The van der Waals surface area contributed by atoms with E-state index in [9.17, 15) is 0 Å². The third-order valence-corrected chi connectivity index (χ3v) is 15.4. The highest BCUT2D eigenvalue weighted by Crippen LogP contribution is 2.63. The number of hydrogen-bond donors (Lipinski definition) is 0. The third-order valence-electron chi connectivity index (χ3n) is 10.3. The van der Waals surface area contributed by atoms with Crippen molar-refractivity contribution in [3.05, 3.63) is 96.1 Å². The van der Waals surface area contributed by atoms with Crippen molar-refractivity contribution in [3.8, 4) is 5.75 Å². The summed E-state index contributed by atoms with van der Waals surface area (Å²) in [5.74, 6) is 1.53. The van der Waals surface area contributed by atoms with Crippen LogP contribution in [0.25, 0.3) is 0 Å². The van der Waals surface area contributed by atoms with Crippen LogP contribution in [-0.4, -0.2) is 59.2 Å². The number of likely N-dealkylation sites (tertiary alicyclic amines) is 1. The highest BCUT2D eigenvalue weighted by Gasteiger charge is 2.66. The van der Waals surface area contributed by atoms with Crippen LogP contribution in [-0.2, 0) is 16.3 Å². The van der Waals surface area contributed by atoms with E-state index in [2.05, 4.69) is 137 Å². The fourth-order valence-corrected chi connectivity index (χ4v) is 13.2. The molecule has 0 unspecified atom stereocenters. The summed E-state index contributed by atoms with van der Waals surface area (Å²) in [6.45, 7) is 8.19. The predicted molar refractivity (Wildman–Crippen MR) is 167 cm³/mol. The Morgan fingerprint density at radius 2 is 1.57 bits per heavy atom. The molecule has 7 rings (SSSR count). The summed E-state index contributed by atoms with van der Waals surface area (Å²) < 4.78 is 15.0. The molecule has 3 aromatic rings. The van der Waals surface area contributed by atoms with Crippen LogP contribution in [0.15, 0.2) is 84.9 Å². The lowest BCUT2D eigenvalue weighted by Crippen LogP contribution is -2.71. The SMILES string of the molecule is CN(C)c1ccc2c3c1O[C@H]1[C@@H](O[Si](c4ccccc4)(c4ccccc4)C(C)(C)C)C=C[C@H]4[C@@H](C2)N(C)CC[C@@]341. The first kappa shape index (κ1) is 26.1. The van der Waals surface area contributed by atoms with E-state index in [1.54, 1.807) is 0 Å². The lowest BCUT2D eigenvalue weighted by molar-refractivity contribution is -0.0403. The molecule has 208 valence electrons. The van der Waals surface area contributed by atoms with Crippen LogP contribution in [0.2, 0.25) is 5.04 Å². The summed E-state index contributed by atoms with van der Waals surface area (Å²) in [5, 5.41) is 2.54. The van der Waals surface area contributed by atoms with Gasteiger partial charge in [-0.15, -0.1) is 0 Å². The standard InChI is InChI=1S/C35H42N2O2Si/c1-34(2,3)40(25-13-9-7-10-14-25,26-15-11-8-12-16-26)39-30-20-18-27-29-23-24-17-19-28(36(4)5)32-31(24)35(27,33(30)38-32)21-22-37(29)6/h7-20,27,29-30,33H,21-23H2,1-6H3/t27-,29+,30-,33-,35-/m0/s1. The first-order chi connectivity index (χ1) is 19.2. The molecule has 0 N–H and O–H groups in total. The minimum Gasteiger partial charge on any atom is -0.484 e. The zero-order chi connectivity index (χ0) is 27.9. The van der Waals surface area contributed by atoms with Gasteiger partial charge in [-0.3, -0.25) is 0 Å². The summed E-state index contributed by atoms with van der Waals surface area (Å²) in [5.41, 5.74) is 4.06. The van der Waals surface area contributed by atoms with Crippen molar-refractivity contribution in [2.45, 2.75) is 62.3 Å². The van der Waals surface area contributed by atoms with Crippen molar-refractivity contribution >= 4 is 24.4 Å². The molecular formula is C35H42N2O2Si. The van der Waals surface area contributed by atoms with E-state index in [0.717, 1.165) is 25.1 Å². The molecule has 5 heteroatoms. The van der Waals surface area contributed by atoms with Gasteiger partial charge in [0.05, 0.1) is 5.69 Å². The molecule has 2 aliphatic heterocycles. The fourth-order valence-electron chi connectivity index (χ4n) is 8.57. The molecule has 0 aromatic heterocycles. The molecule has 0 radical (unpaired) electrons. The normalized spacial score (nSPS) is 28.6. The topological polar surface area (TPSA) is 24.9 Å². The van der Waals surface area contributed by atoms with Crippen molar-refractivity contribution < 1.29 is 9.16 Å². The van der Waals surface area contributed by atoms with E-state index in [0.29, 0.717) is 12.0 Å². The minimum atomic E-state index is -2.76. The molecule has 0 saturated carbocycles. The quantitative estimate of drug-likeness (QED) is 0.324. The largest absolute Gasteiger partial charge is 0.484 e. The monoisotopic (exact) mass is 550 g/mol. The Morgan fingerprint density at radius 1 is 0.925 bits per heavy atom. The van der Waals surface area contributed by atoms with Gasteiger partial charge in [-0.1, -0.05) is 99.7 Å².